The molecule has 1 fully saturated rings. The van der Waals surface area contributed by atoms with Crippen LogP contribution in [0.2, 0.25) is 0 Å². The van der Waals surface area contributed by atoms with Gasteiger partial charge in [-0.3, -0.25) is 9.80 Å². The van der Waals surface area contributed by atoms with E-state index >= 15 is 0 Å². The second-order valence-electron chi connectivity index (χ2n) is 5.64. The molecule has 0 saturated carbocycles. The second-order valence-corrected chi connectivity index (χ2v) is 5.64. The first-order chi connectivity index (χ1) is 9.25. The first kappa shape index (κ1) is 14.5. The van der Waals surface area contributed by atoms with E-state index in [4.69, 9.17) is 0 Å². The van der Waals surface area contributed by atoms with Crippen molar-refractivity contribution in [1.82, 2.24) is 15.1 Å². The number of nitrogens with one attached hydrogen (secondary N) is 1. The Morgan fingerprint density at radius 3 is 2.47 bits per heavy atom. The van der Waals surface area contributed by atoms with Gasteiger partial charge in [0.15, 0.2) is 0 Å². The predicted molar refractivity (Wildman–Crippen MR) is 81.3 cm³/mol. The molecule has 0 radical (unpaired) electrons. The van der Waals surface area contributed by atoms with Crippen molar-refractivity contribution < 1.29 is 0 Å². The Bertz CT molecular complexity index is 350. The lowest BCUT2D eigenvalue weighted by Crippen LogP contribution is -2.39. The van der Waals surface area contributed by atoms with E-state index in [0.29, 0.717) is 6.04 Å². The van der Waals surface area contributed by atoms with Crippen LogP contribution in [-0.4, -0.2) is 55.1 Å². The number of nitrogens with zero attached hydrogens (tertiary/aromatic N) is 2. The van der Waals surface area contributed by atoms with Gasteiger partial charge in [-0.25, -0.2) is 0 Å². The van der Waals surface area contributed by atoms with Crippen molar-refractivity contribution in [3.05, 3.63) is 35.9 Å². The highest BCUT2D eigenvalue weighted by atomic mass is 15.2. The van der Waals surface area contributed by atoms with Gasteiger partial charge in [-0.1, -0.05) is 30.3 Å². The number of hydrogen-bond donors (Lipinski definition) is 1. The Morgan fingerprint density at radius 1 is 1.00 bits per heavy atom. The average Bonchev–Trinajstić information content (AvgIpc) is 2.52. The summed E-state index contributed by atoms with van der Waals surface area (Å²) in [6.07, 6.45) is 0. The van der Waals surface area contributed by atoms with Crippen LogP contribution in [0.15, 0.2) is 30.3 Å². The topological polar surface area (TPSA) is 18.5 Å². The summed E-state index contributed by atoms with van der Waals surface area (Å²) in [5, 5.41) is 3.54. The third-order valence-electron chi connectivity index (χ3n) is 3.86. The molecule has 1 saturated heterocycles. The van der Waals surface area contributed by atoms with Crippen molar-refractivity contribution >= 4 is 0 Å². The normalized spacial score (nSPS) is 19.9. The van der Waals surface area contributed by atoms with Gasteiger partial charge < -0.3 is 5.32 Å². The molecule has 0 atom stereocenters. The summed E-state index contributed by atoms with van der Waals surface area (Å²) >= 11 is 0. The lowest BCUT2D eigenvalue weighted by molar-refractivity contribution is 0.186. The summed E-state index contributed by atoms with van der Waals surface area (Å²) < 4.78 is 0. The molecule has 3 nitrogen and oxygen atoms in total. The minimum Gasteiger partial charge on any atom is -0.314 e. The van der Waals surface area contributed by atoms with Crippen molar-refractivity contribution in [3.63, 3.8) is 0 Å². The van der Waals surface area contributed by atoms with Gasteiger partial charge in [0.2, 0.25) is 0 Å². The van der Waals surface area contributed by atoms with Crippen LogP contribution >= 0.6 is 0 Å². The van der Waals surface area contributed by atoms with E-state index in [-0.39, 0.29) is 0 Å². The molecule has 1 aliphatic heterocycles. The molecule has 3 heteroatoms. The SMILES string of the molecule is CC(C)N1CCNCCN(Cc2ccccc2)CC1. The molecule has 0 aliphatic carbocycles. The van der Waals surface area contributed by atoms with E-state index in [2.05, 4.69) is 59.3 Å². The fraction of sp³-hybridized carbons (Fsp3) is 0.625. The molecule has 1 N–H and O–H groups in total. The fourth-order valence-corrected chi connectivity index (χ4v) is 2.59. The molecular weight excluding hydrogens is 234 g/mol. The maximum atomic E-state index is 3.54. The first-order valence-corrected chi connectivity index (χ1v) is 7.47. The maximum Gasteiger partial charge on any atom is 0.0234 e. The van der Waals surface area contributed by atoms with Crippen LogP contribution in [0.3, 0.4) is 0 Å². The van der Waals surface area contributed by atoms with Crippen LogP contribution in [-0.2, 0) is 6.54 Å². The third-order valence-corrected chi connectivity index (χ3v) is 3.86. The van der Waals surface area contributed by atoms with Crippen LogP contribution in [0.4, 0.5) is 0 Å². The molecule has 0 bridgehead atoms. The van der Waals surface area contributed by atoms with Gasteiger partial charge in [0.05, 0.1) is 0 Å². The van der Waals surface area contributed by atoms with Crippen molar-refractivity contribution in [2.24, 2.45) is 0 Å². The van der Waals surface area contributed by atoms with Crippen LogP contribution in [0.25, 0.3) is 0 Å². The number of benzene rings is 1. The molecular formula is C16H27N3. The monoisotopic (exact) mass is 261 g/mol. The fourth-order valence-electron chi connectivity index (χ4n) is 2.59. The largest absolute Gasteiger partial charge is 0.314 e. The van der Waals surface area contributed by atoms with Gasteiger partial charge in [0.25, 0.3) is 0 Å². The Kier molecular flexibility index (Phi) is 5.83. The minimum atomic E-state index is 0.637. The van der Waals surface area contributed by atoms with Gasteiger partial charge in [0, 0.05) is 51.9 Å². The molecule has 0 unspecified atom stereocenters. The van der Waals surface area contributed by atoms with E-state index < -0.39 is 0 Å². The lowest BCUT2D eigenvalue weighted by atomic mass is 10.2. The molecule has 1 aromatic carbocycles. The summed E-state index contributed by atoms with van der Waals surface area (Å²) in [7, 11) is 0. The Balaban J connectivity index is 1.91. The molecule has 0 amide bonds. The second kappa shape index (κ2) is 7.63. The summed E-state index contributed by atoms with van der Waals surface area (Å²) in [4.78, 5) is 5.12. The van der Waals surface area contributed by atoms with E-state index in [1.807, 2.05) is 0 Å². The standard InChI is InChI=1S/C16H27N3/c1-15(2)19-11-9-17-8-10-18(12-13-19)14-16-6-4-3-5-7-16/h3-7,15,17H,8-14H2,1-2H3. The number of hydrogen-bond acceptors (Lipinski definition) is 3. The van der Waals surface area contributed by atoms with Gasteiger partial charge in [0.1, 0.15) is 0 Å². The predicted octanol–water partition coefficient (Wildman–Crippen LogP) is 1.80. The minimum absolute atomic E-state index is 0.637. The lowest BCUT2D eigenvalue weighted by Gasteiger charge is -2.28. The van der Waals surface area contributed by atoms with Crippen molar-refractivity contribution in [2.75, 3.05) is 39.3 Å². The van der Waals surface area contributed by atoms with Gasteiger partial charge in [-0.2, -0.15) is 0 Å². The van der Waals surface area contributed by atoms with Gasteiger partial charge >= 0.3 is 0 Å². The molecule has 1 aromatic rings. The van der Waals surface area contributed by atoms with E-state index in [9.17, 15) is 0 Å². The van der Waals surface area contributed by atoms with Crippen LogP contribution in [0.1, 0.15) is 19.4 Å². The van der Waals surface area contributed by atoms with Crippen LogP contribution in [0.5, 0.6) is 0 Å². The molecule has 0 aromatic heterocycles. The average molecular weight is 261 g/mol. The molecule has 19 heavy (non-hydrogen) atoms. The molecule has 106 valence electrons. The highest BCUT2D eigenvalue weighted by Crippen LogP contribution is 2.06. The molecule has 2 rings (SSSR count). The quantitative estimate of drug-likeness (QED) is 0.895. The van der Waals surface area contributed by atoms with Gasteiger partial charge in [-0.15, -0.1) is 0 Å². The Morgan fingerprint density at radius 2 is 1.74 bits per heavy atom. The third kappa shape index (κ3) is 4.94. The highest BCUT2D eigenvalue weighted by molar-refractivity contribution is 5.14. The van der Waals surface area contributed by atoms with Crippen molar-refractivity contribution in [3.8, 4) is 0 Å². The first-order valence-electron chi connectivity index (χ1n) is 7.47. The maximum absolute atomic E-state index is 3.54. The Hall–Kier alpha value is -0.900. The van der Waals surface area contributed by atoms with E-state index in [0.717, 1.165) is 39.3 Å². The summed E-state index contributed by atoms with van der Waals surface area (Å²) in [5.41, 5.74) is 1.41. The van der Waals surface area contributed by atoms with Crippen molar-refractivity contribution in [2.45, 2.75) is 26.4 Å². The van der Waals surface area contributed by atoms with Gasteiger partial charge in [-0.05, 0) is 19.4 Å². The molecule has 0 spiro atoms. The van der Waals surface area contributed by atoms with Crippen LogP contribution in [0, 0.1) is 0 Å². The van der Waals surface area contributed by atoms with E-state index in [1.54, 1.807) is 0 Å². The zero-order valence-electron chi connectivity index (χ0n) is 12.3. The zero-order valence-corrected chi connectivity index (χ0v) is 12.3. The van der Waals surface area contributed by atoms with Crippen molar-refractivity contribution in [1.29, 1.82) is 0 Å². The summed E-state index contributed by atoms with van der Waals surface area (Å²) in [6, 6.07) is 11.4. The smallest absolute Gasteiger partial charge is 0.0234 e. The summed E-state index contributed by atoms with van der Waals surface area (Å²) in [5.74, 6) is 0. The van der Waals surface area contributed by atoms with Crippen LogP contribution < -0.4 is 5.32 Å². The summed E-state index contributed by atoms with van der Waals surface area (Å²) in [6.45, 7) is 12.5. The Labute approximate surface area is 117 Å². The molecule has 1 aliphatic rings. The number of rotatable bonds is 3. The zero-order chi connectivity index (χ0) is 13.5. The molecule has 1 heterocycles. The van der Waals surface area contributed by atoms with E-state index in [1.165, 1.54) is 12.1 Å². The highest BCUT2D eigenvalue weighted by Gasteiger charge is 2.14.